The van der Waals surface area contributed by atoms with Crippen LogP contribution in [0.25, 0.3) is 67.0 Å². The Labute approximate surface area is 357 Å². The van der Waals surface area contributed by atoms with Crippen LogP contribution in [0, 0.1) is 11.8 Å². The van der Waals surface area contributed by atoms with Crippen molar-refractivity contribution >= 4 is 33.4 Å². The molecule has 0 saturated heterocycles. The Kier molecular flexibility index (Phi) is 10.8. The van der Waals surface area contributed by atoms with E-state index < -0.39 is 0 Å². The van der Waals surface area contributed by atoms with E-state index in [1.54, 1.807) is 28.3 Å². The van der Waals surface area contributed by atoms with Crippen molar-refractivity contribution in [2.24, 2.45) is 25.9 Å². The van der Waals surface area contributed by atoms with E-state index in [2.05, 4.69) is 58.5 Å². The summed E-state index contributed by atoms with van der Waals surface area (Å²) in [6, 6.07) is 15.8. The van der Waals surface area contributed by atoms with Crippen LogP contribution < -0.4 is 9.47 Å². The number of fused-ring (bicyclic) bond motifs is 2. The van der Waals surface area contributed by atoms with Crippen LogP contribution in [0.15, 0.2) is 67.1 Å². The number of pyridine rings is 2. The summed E-state index contributed by atoms with van der Waals surface area (Å²) in [6.45, 7) is 5.65. The summed E-state index contributed by atoms with van der Waals surface area (Å²) >= 11 is 0. The number of ether oxygens (including phenoxy) is 2. The summed E-state index contributed by atoms with van der Waals surface area (Å²) in [7, 11) is 6.73. The molecule has 62 heavy (non-hydrogen) atoms. The first-order chi connectivity index (χ1) is 30.2. The maximum atomic E-state index is 12.3. The first-order valence-electron chi connectivity index (χ1n) is 20.9. The van der Waals surface area contributed by atoms with Crippen molar-refractivity contribution < 1.29 is 19.1 Å². The molecule has 6 heterocycles. The van der Waals surface area contributed by atoms with E-state index in [0.29, 0.717) is 42.5 Å². The van der Waals surface area contributed by atoms with Crippen molar-refractivity contribution in [2.45, 2.75) is 65.5 Å². The van der Waals surface area contributed by atoms with Crippen molar-refractivity contribution in [1.82, 2.24) is 64.7 Å². The van der Waals surface area contributed by atoms with Crippen molar-refractivity contribution in [1.29, 1.82) is 0 Å². The van der Waals surface area contributed by atoms with Crippen LogP contribution in [0.3, 0.4) is 0 Å². The number of nitrogens with zero attached hydrogens (tertiary/aromatic N) is 13. The zero-order valence-corrected chi connectivity index (χ0v) is 35.6. The van der Waals surface area contributed by atoms with Gasteiger partial charge in [-0.2, -0.15) is 14.7 Å². The van der Waals surface area contributed by atoms with Gasteiger partial charge in [0.05, 0.1) is 62.9 Å². The number of tetrazole rings is 2. The molecule has 0 bridgehead atoms. The Morgan fingerprint density at radius 1 is 0.645 bits per heavy atom. The third kappa shape index (κ3) is 7.81. The molecule has 2 saturated carbocycles. The van der Waals surface area contributed by atoms with Crippen LogP contribution in [0.2, 0.25) is 0 Å². The molecule has 10 rings (SSSR count). The number of rotatable bonds is 14. The zero-order chi connectivity index (χ0) is 43.1. The molecule has 2 aliphatic carbocycles. The number of carbonyl (C=O) groups is 2. The lowest BCUT2D eigenvalue weighted by atomic mass is 10.00. The molecule has 2 fully saturated rings. The van der Waals surface area contributed by atoms with Crippen molar-refractivity contribution in [3.63, 3.8) is 0 Å². The smallest absolute Gasteiger partial charge is 0.208 e. The number of hydrogen-bond donors (Lipinski definition) is 0. The minimum Gasteiger partial charge on any atom is -0.495 e. The zero-order valence-electron chi connectivity index (χ0n) is 35.6. The molecule has 316 valence electrons. The van der Waals surface area contributed by atoms with Crippen LogP contribution >= 0.6 is 0 Å². The summed E-state index contributed by atoms with van der Waals surface area (Å²) < 4.78 is 15.7. The average Bonchev–Trinajstić information content (AvgIpc) is 4.18. The van der Waals surface area contributed by atoms with Gasteiger partial charge in [0.25, 0.3) is 0 Å². The number of para-hydroxylation sites is 2. The first-order valence-corrected chi connectivity index (χ1v) is 20.9. The van der Waals surface area contributed by atoms with Gasteiger partial charge >= 0.3 is 0 Å². The molecule has 2 aliphatic rings. The van der Waals surface area contributed by atoms with Gasteiger partial charge in [-0.05, 0) is 80.3 Å². The van der Waals surface area contributed by atoms with E-state index in [1.165, 1.54) is 9.59 Å². The van der Waals surface area contributed by atoms with Gasteiger partial charge in [-0.1, -0.05) is 18.2 Å². The lowest BCUT2D eigenvalue weighted by Gasteiger charge is -2.11. The summed E-state index contributed by atoms with van der Waals surface area (Å²) in [6.07, 6.45) is 10.6. The SMILES string of the molecule is CCn1cc(-c2cccc(-c3nnn(C)n3)c2OC)c2cc(CC(=O)C3CC3)ncc21.CCn1nc(-c2cccc(-c3nnn(C)n3)c2OC)c2cc(CC(=O)C3CC3)ncc21. The number of methoxy groups -OCH3 is 2. The number of aryl methyl sites for hydroxylation is 4. The quantitative estimate of drug-likeness (QED) is 0.119. The number of benzene rings is 2. The van der Waals surface area contributed by atoms with E-state index in [9.17, 15) is 9.59 Å². The fourth-order valence-electron chi connectivity index (χ4n) is 7.96. The molecular weight excluding hydrogens is 787 g/mol. The number of hydrogen-bond acceptors (Lipinski definition) is 13. The van der Waals surface area contributed by atoms with E-state index in [0.717, 1.165) is 98.9 Å². The van der Waals surface area contributed by atoms with E-state index >= 15 is 0 Å². The Morgan fingerprint density at radius 3 is 1.66 bits per heavy atom. The van der Waals surface area contributed by atoms with Crippen molar-refractivity contribution in [2.75, 3.05) is 14.2 Å². The lowest BCUT2D eigenvalue weighted by molar-refractivity contribution is -0.120. The molecule has 0 aliphatic heterocycles. The molecule has 0 unspecified atom stereocenters. The van der Waals surface area contributed by atoms with Gasteiger partial charge in [-0.3, -0.25) is 24.2 Å². The lowest BCUT2D eigenvalue weighted by Crippen LogP contribution is -2.06. The fraction of sp³-hybridized carbons (Fsp3) is 0.356. The standard InChI is InChI=1S/C23H24N6O2.C22H23N7O2/c1-4-29-13-19(18-10-15(24-12-20(18)29)11-21(30)14-8-9-14)16-6-5-7-17(22(16)31-3)23-25-27-28(2)26-23;1-4-29-18-12-23-14(11-19(30)13-8-9-13)10-17(18)20(25-29)15-6-5-7-16(21(15)31-3)22-24-27-28(2)26-22/h5-7,10,12-14H,4,8-9,11H2,1-3H3;5-7,10,12-13H,4,8-9,11H2,1-3H3. The highest BCUT2D eigenvalue weighted by atomic mass is 16.5. The molecule has 0 atom stereocenters. The molecule has 0 amide bonds. The second-order valence-electron chi connectivity index (χ2n) is 15.7. The number of ketones is 2. The molecular formula is C45H47N13O4. The van der Waals surface area contributed by atoms with Gasteiger partial charge < -0.3 is 14.0 Å². The molecule has 17 heteroatoms. The van der Waals surface area contributed by atoms with Gasteiger partial charge in [0.15, 0.2) is 0 Å². The predicted octanol–water partition coefficient (Wildman–Crippen LogP) is 6.28. The van der Waals surface area contributed by atoms with Gasteiger partial charge in [0, 0.05) is 82.8 Å². The van der Waals surface area contributed by atoms with E-state index in [-0.39, 0.29) is 23.4 Å². The summed E-state index contributed by atoms with van der Waals surface area (Å²) in [4.78, 5) is 36.6. The number of Topliss-reactive ketones (excluding diaryl/α,β-unsaturated/α-hetero) is 2. The van der Waals surface area contributed by atoms with Crippen LogP contribution in [-0.4, -0.2) is 90.5 Å². The highest BCUT2D eigenvalue weighted by molar-refractivity contribution is 6.00. The third-order valence-corrected chi connectivity index (χ3v) is 11.4. The molecule has 0 radical (unpaired) electrons. The van der Waals surface area contributed by atoms with Gasteiger partial charge in [0.2, 0.25) is 11.6 Å². The average molecular weight is 834 g/mol. The maximum Gasteiger partial charge on any atom is 0.208 e. The molecule has 8 aromatic rings. The van der Waals surface area contributed by atoms with Crippen LogP contribution in [0.4, 0.5) is 0 Å². The van der Waals surface area contributed by atoms with Gasteiger partial charge in [-0.25, -0.2) is 0 Å². The van der Waals surface area contributed by atoms with E-state index in [1.807, 2.05) is 72.5 Å². The highest BCUT2D eigenvalue weighted by Crippen LogP contribution is 2.42. The number of aromatic nitrogens is 13. The molecule has 6 aromatic heterocycles. The largest absolute Gasteiger partial charge is 0.495 e. The molecule has 2 aromatic carbocycles. The minimum atomic E-state index is 0.214. The normalized spacial score (nSPS) is 13.6. The predicted molar refractivity (Wildman–Crippen MR) is 231 cm³/mol. The fourth-order valence-corrected chi connectivity index (χ4v) is 7.96. The monoisotopic (exact) mass is 833 g/mol. The van der Waals surface area contributed by atoms with Gasteiger partial charge in [-0.15, -0.1) is 20.4 Å². The molecule has 17 nitrogen and oxygen atoms in total. The second kappa shape index (κ2) is 16.7. The summed E-state index contributed by atoms with van der Waals surface area (Å²) in [5, 5.41) is 31.7. The van der Waals surface area contributed by atoms with Crippen LogP contribution in [-0.2, 0) is 49.6 Å². The van der Waals surface area contributed by atoms with Gasteiger partial charge in [0.1, 0.15) is 28.8 Å². The van der Waals surface area contributed by atoms with Crippen LogP contribution in [0.1, 0.15) is 50.9 Å². The first kappa shape index (κ1) is 40.2. The maximum absolute atomic E-state index is 12.3. The Hall–Kier alpha value is -7.17. The number of carbonyl (C=O) groups excluding carboxylic acids is 2. The van der Waals surface area contributed by atoms with E-state index in [4.69, 9.17) is 14.6 Å². The minimum absolute atomic E-state index is 0.214. The van der Waals surface area contributed by atoms with Crippen molar-refractivity contribution in [3.05, 3.63) is 78.5 Å². The third-order valence-electron chi connectivity index (χ3n) is 11.4. The molecule has 0 N–H and O–H groups in total. The Bertz CT molecular complexity index is 2770. The summed E-state index contributed by atoms with van der Waals surface area (Å²) in [5.74, 6) is 3.32. The highest BCUT2D eigenvalue weighted by Gasteiger charge is 2.31. The second-order valence-corrected chi connectivity index (χ2v) is 15.7. The Balaban J connectivity index is 0.000000158. The van der Waals surface area contributed by atoms with Crippen molar-refractivity contribution in [3.8, 4) is 56.7 Å². The topological polar surface area (TPSA) is 188 Å². The Morgan fingerprint density at radius 2 is 1.16 bits per heavy atom. The summed E-state index contributed by atoms with van der Waals surface area (Å²) in [5.41, 5.74) is 8.64. The van der Waals surface area contributed by atoms with Crippen LogP contribution in [0.5, 0.6) is 11.5 Å². The molecule has 0 spiro atoms.